The standard InChI is InChI=1S/C19H21N5O4S/c1-13-7-9-15(10-8-13)29(27,28)18(17(25)14-5-3-2-4-6-14)16(23-19(20)26)11-12-22-24-21/h2-10,16,18H,11-12H2,1H3,(H3,20,23,26). The highest BCUT2D eigenvalue weighted by atomic mass is 32.2. The average molecular weight is 415 g/mol. The molecule has 2 unspecified atom stereocenters. The number of nitrogens with one attached hydrogen (secondary N) is 1. The van der Waals surface area contributed by atoms with Gasteiger partial charge in [0.05, 0.1) is 10.9 Å². The Morgan fingerprint density at radius 3 is 2.31 bits per heavy atom. The molecule has 0 bridgehead atoms. The molecular formula is C19H21N5O4S. The monoisotopic (exact) mass is 415 g/mol. The molecule has 0 aliphatic rings. The third kappa shape index (κ3) is 5.56. The lowest BCUT2D eigenvalue weighted by Gasteiger charge is -2.26. The number of amides is 2. The number of hydrogen-bond acceptors (Lipinski definition) is 5. The Morgan fingerprint density at radius 1 is 1.14 bits per heavy atom. The summed E-state index contributed by atoms with van der Waals surface area (Å²) < 4.78 is 26.8. The number of benzene rings is 2. The maximum Gasteiger partial charge on any atom is 0.312 e. The maximum absolute atomic E-state index is 13.4. The topological polar surface area (TPSA) is 155 Å². The highest BCUT2D eigenvalue weighted by Gasteiger charge is 2.41. The molecule has 2 rings (SSSR count). The van der Waals surface area contributed by atoms with E-state index in [1.165, 1.54) is 24.3 Å². The fraction of sp³-hybridized carbons (Fsp3) is 0.263. The first-order chi connectivity index (χ1) is 13.8. The van der Waals surface area contributed by atoms with Gasteiger partial charge in [-0.05, 0) is 31.0 Å². The van der Waals surface area contributed by atoms with E-state index in [-0.39, 0.29) is 23.4 Å². The molecule has 152 valence electrons. The molecule has 10 heteroatoms. The van der Waals surface area contributed by atoms with Crippen LogP contribution in [0.4, 0.5) is 4.79 Å². The SMILES string of the molecule is Cc1ccc(S(=O)(=O)C(C(=O)c2ccccc2)C(CCN=[N+]=[N-])NC(N)=O)cc1. The van der Waals surface area contributed by atoms with Gasteiger partial charge in [0.25, 0.3) is 0 Å². The van der Waals surface area contributed by atoms with Crippen molar-refractivity contribution in [1.29, 1.82) is 0 Å². The Balaban J connectivity index is 2.58. The summed E-state index contributed by atoms with van der Waals surface area (Å²) in [6, 6.07) is 11.8. The van der Waals surface area contributed by atoms with E-state index in [1.54, 1.807) is 37.3 Å². The number of nitrogens with zero attached hydrogens (tertiary/aromatic N) is 3. The molecule has 0 spiro atoms. The Morgan fingerprint density at radius 2 is 1.76 bits per heavy atom. The third-order valence-corrected chi connectivity index (χ3v) is 6.44. The van der Waals surface area contributed by atoms with Gasteiger partial charge in [0.1, 0.15) is 5.25 Å². The third-order valence-electron chi connectivity index (χ3n) is 4.30. The summed E-state index contributed by atoms with van der Waals surface area (Å²) in [4.78, 5) is 27.3. The minimum absolute atomic E-state index is 0.0579. The van der Waals surface area contributed by atoms with Crippen LogP contribution in [0.25, 0.3) is 10.4 Å². The molecule has 2 amide bonds. The summed E-state index contributed by atoms with van der Waals surface area (Å²) in [6.07, 6.45) is -0.0820. The normalized spacial score (nSPS) is 13.0. The van der Waals surface area contributed by atoms with E-state index in [1.807, 2.05) is 0 Å². The highest BCUT2D eigenvalue weighted by molar-refractivity contribution is 7.93. The van der Waals surface area contributed by atoms with Crippen molar-refractivity contribution in [2.75, 3.05) is 6.54 Å². The van der Waals surface area contributed by atoms with Gasteiger partial charge in [0.2, 0.25) is 0 Å². The highest BCUT2D eigenvalue weighted by Crippen LogP contribution is 2.24. The molecule has 2 aromatic rings. The summed E-state index contributed by atoms with van der Waals surface area (Å²) in [7, 11) is -4.20. The van der Waals surface area contributed by atoms with Gasteiger partial charge >= 0.3 is 6.03 Å². The molecule has 2 aromatic carbocycles. The molecule has 0 aliphatic carbocycles. The number of carbonyl (C=O) groups is 2. The number of Topliss-reactive ketones (excluding diaryl/α,β-unsaturated/α-hetero) is 1. The van der Waals surface area contributed by atoms with Gasteiger partial charge in [-0.3, -0.25) is 4.79 Å². The second kappa shape index (κ2) is 9.72. The van der Waals surface area contributed by atoms with Crippen LogP contribution in [0.15, 0.2) is 64.6 Å². The number of nitrogens with two attached hydrogens (primary N) is 1. The Hall–Kier alpha value is -3.36. The molecule has 0 saturated heterocycles. The van der Waals surface area contributed by atoms with Crippen molar-refractivity contribution in [3.05, 3.63) is 76.2 Å². The van der Waals surface area contributed by atoms with Crippen molar-refractivity contribution in [3.8, 4) is 0 Å². The molecule has 9 nitrogen and oxygen atoms in total. The molecule has 0 aliphatic heterocycles. The number of rotatable bonds is 9. The van der Waals surface area contributed by atoms with E-state index in [2.05, 4.69) is 15.3 Å². The fourth-order valence-electron chi connectivity index (χ4n) is 2.90. The van der Waals surface area contributed by atoms with Crippen molar-refractivity contribution < 1.29 is 18.0 Å². The van der Waals surface area contributed by atoms with E-state index in [0.717, 1.165) is 5.56 Å². The van der Waals surface area contributed by atoms with E-state index in [4.69, 9.17) is 11.3 Å². The minimum atomic E-state index is -4.20. The van der Waals surface area contributed by atoms with Gasteiger partial charge < -0.3 is 11.1 Å². The van der Waals surface area contributed by atoms with E-state index < -0.39 is 32.9 Å². The first-order valence-electron chi connectivity index (χ1n) is 8.74. The predicted molar refractivity (Wildman–Crippen MR) is 108 cm³/mol. The van der Waals surface area contributed by atoms with Crippen LogP contribution in [0.5, 0.6) is 0 Å². The van der Waals surface area contributed by atoms with Crippen LogP contribution >= 0.6 is 0 Å². The van der Waals surface area contributed by atoms with Crippen LogP contribution in [0.2, 0.25) is 0 Å². The quantitative estimate of drug-likeness (QED) is 0.279. The lowest BCUT2D eigenvalue weighted by Crippen LogP contribution is -2.52. The van der Waals surface area contributed by atoms with Gasteiger partial charge in [-0.25, -0.2) is 13.2 Å². The summed E-state index contributed by atoms with van der Waals surface area (Å²) in [6.45, 7) is 1.68. The maximum atomic E-state index is 13.4. The van der Waals surface area contributed by atoms with E-state index >= 15 is 0 Å². The van der Waals surface area contributed by atoms with Gasteiger partial charge in [-0.1, -0.05) is 53.1 Å². The lowest BCUT2D eigenvalue weighted by molar-refractivity contribution is 0.0974. The first kappa shape index (κ1) is 21.9. The van der Waals surface area contributed by atoms with E-state index in [0.29, 0.717) is 0 Å². The van der Waals surface area contributed by atoms with Crippen LogP contribution < -0.4 is 11.1 Å². The van der Waals surface area contributed by atoms with Gasteiger partial charge in [-0.2, -0.15) is 0 Å². The second-order valence-electron chi connectivity index (χ2n) is 6.37. The smallest absolute Gasteiger partial charge is 0.312 e. The number of aryl methyl sites for hydroxylation is 1. The predicted octanol–water partition coefficient (Wildman–Crippen LogP) is 2.76. The number of carbonyl (C=O) groups excluding carboxylic acids is 2. The van der Waals surface area contributed by atoms with Crippen LogP contribution in [0.3, 0.4) is 0 Å². The van der Waals surface area contributed by atoms with Gasteiger partial charge in [0.15, 0.2) is 15.6 Å². The van der Waals surface area contributed by atoms with Crippen molar-refractivity contribution in [2.24, 2.45) is 10.8 Å². The molecule has 2 atom stereocenters. The molecular weight excluding hydrogens is 394 g/mol. The summed E-state index contributed by atoms with van der Waals surface area (Å²) >= 11 is 0. The van der Waals surface area contributed by atoms with E-state index in [9.17, 15) is 18.0 Å². The zero-order valence-corrected chi connectivity index (χ0v) is 16.5. The molecule has 29 heavy (non-hydrogen) atoms. The molecule has 0 aromatic heterocycles. The Labute approximate surface area is 168 Å². The number of hydrogen-bond donors (Lipinski definition) is 2. The summed E-state index contributed by atoms with van der Waals surface area (Å²) in [5, 5.41) is 4.07. The van der Waals surface area contributed by atoms with Crippen molar-refractivity contribution in [3.63, 3.8) is 0 Å². The average Bonchev–Trinajstić information content (AvgIpc) is 2.68. The van der Waals surface area contributed by atoms with Crippen molar-refractivity contribution in [2.45, 2.75) is 29.5 Å². The molecule has 0 fully saturated rings. The molecule has 0 radical (unpaired) electrons. The summed E-state index contributed by atoms with van der Waals surface area (Å²) in [5.41, 5.74) is 14.8. The largest absolute Gasteiger partial charge is 0.352 e. The zero-order valence-electron chi connectivity index (χ0n) is 15.7. The zero-order chi connectivity index (χ0) is 21.4. The van der Waals surface area contributed by atoms with Crippen LogP contribution in [0, 0.1) is 6.92 Å². The first-order valence-corrected chi connectivity index (χ1v) is 10.3. The molecule has 3 N–H and O–H groups in total. The fourth-order valence-corrected chi connectivity index (χ4v) is 4.77. The Kier molecular flexibility index (Phi) is 7.35. The minimum Gasteiger partial charge on any atom is -0.352 e. The van der Waals surface area contributed by atoms with Crippen LogP contribution in [0.1, 0.15) is 22.3 Å². The van der Waals surface area contributed by atoms with Gasteiger partial charge in [0, 0.05) is 17.0 Å². The summed E-state index contributed by atoms with van der Waals surface area (Å²) in [5.74, 6) is -0.689. The number of azide groups is 1. The Bertz CT molecular complexity index is 1020. The van der Waals surface area contributed by atoms with Crippen molar-refractivity contribution >= 4 is 21.7 Å². The lowest BCUT2D eigenvalue weighted by atomic mass is 10.0. The number of sulfone groups is 1. The van der Waals surface area contributed by atoms with Gasteiger partial charge in [-0.15, -0.1) is 0 Å². The molecule has 0 heterocycles. The number of primary amides is 1. The second-order valence-corrected chi connectivity index (χ2v) is 8.44. The van der Waals surface area contributed by atoms with Crippen LogP contribution in [-0.2, 0) is 9.84 Å². The molecule has 0 saturated carbocycles. The number of urea groups is 1. The van der Waals surface area contributed by atoms with Crippen molar-refractivity contribution in [1.82, 2.24) is 5.32 Å². The van der Waals surface area contributed by atoms with Crippen LogP contribution in [-0.4, -0.2) is 38.1 Å². The number of ketones is 1.